The van der Waals surface area contributed by atoms with Crippen LogP contribution < -0.4 is 0 Å². The van der Waals surface area contributed by atoms with Gasteiger partial charge in [-0.1, -0.05) is 32.1 Å². The van der Waals surface area contributed by atoms with Crippen LogP contribution in [0.15, 0.2) is 18.2 Å². The van der Waals surface area contributed by atoms with Gasteiger partial charge in [-0.3, -0.25) is 4.79 Å². The van der Waals surface area contributed by atoms with E-state index in [0.29, 0.717) is 17.9 Å². The van der Waals surface area contributed by atoms with E-state index in [-0.39, 0.29) is 11.6 Å². The van der Waals surface area contributed by atoms with Crippen molar-refractivity contribution in [2.45, 2.75) is 45.4 Å². The van der Waals surface area contributed by atoms with E-state index < -0.39 is 0 Å². The maximum absolute atomic E-state index is 13.0. The predicted molar refractivity (Wildman–Crippen MR) is 66.7 cm³/mol. The van der Waals surface area contributed by atoms with Crippen LogP contribution in [0.25, 0.3) is 0 Å². The molecule has 92 valence electrons. The summed E-state index contributed by atoms with van der Waals surface area (Å²) in [5.74, 6) is 0.451. The Balaban J connectivity index is 2.03. The van der Waals surface area contributed by atoms with Gasteiger partial charge >= 0.3 is 0 Å². The number of hydrogen-bond donors (Lipinski definition) is 0. The minimum atomic E-state index is -0.267. The lowest BCUT2D eigenvalue weighted by atomic mass is 9.84. The van der Waals surface area contributed by atoms with E-state index in [1.54, 1.807) is 13.0 Å². The molecule has 0 unspecified atom stereocenters. The van der Waals surface area contributed by atoms with Crippen LogP contribution >= 0.6 is 0 Å². The minimum absolute atomic E-state index is 0.175. The van der Waals surface area contributed by atoms with Gasteiger partial charge in [0.25, 0.3) is 0 Å². The molecule has 17 heavy (non-hydrogen) atoms. The molecular weight excluding hydrogens is 215 g/mol. The van der Waals surface area contributed by atoms with Gasteiger partial charge in [-0.15, -0.1) is 0 Å². The molecule has 1 saturated carbocycles. The van der Waals surface area contributed by atoms with Crippen molar-refractivity contribution in [3.05, 3.63) is 35.1 Å². The summed E-state index contributed by atoms with van der Waals surface area (Å²) in [6.45, 7) is 1.80. The lowest BCUT2D eigenvalue weighted by Gasteiger charge is -2.20. The van der Waals surface area contributed by atoms with Gasteiger partial charge < -0.3 is 0 Å². The molecule has 0 heterocycles. The Kier molecular flexibility index (Phi) is 3.93. The van der Waals surface area contributed by atoms with Crippen LogP contribution in [0.3, 0.4) is 0 Å². The monoisotopic (exact) mass is 234 g/mol. The fourth-order valence-corrected chi connectivity index (χ4v) is 2.70. The van der Waals surface area contributed by atoms with E-state index in [0.717, 1.165) is 5.56 Å². The van der Waals surface area contributed by atoms with Crippen molar-refractivity contribution in [2.24, 2.45) is 5.92 Å². The molecule has 0 N–H and O–H groups in total. The highest BCUT2D eigenvalue weighted by Crippen LogP contribution is 2.28. The van der Waals surface area contributed by atoms with Gasteiger partial charge in [0.2, 0.25) is 0 Å². The lowest BCUT2D eigenvalue weighted by Crippen LogP contribution is -2.13. The van der Waals surface area contributed by atoms with Gasteiger partial charge in [0.15, 0.2) is 5.78 Å². The highest BCUT2D eigenvalue weighted by atomic mass is 19.1. The first-order chi connectivity index (χ1) is 8.16. The third-order valence-corrected chi connectivity index (χ3v) is 3.69. The van der Waals surface area contributed by atoms with Crippen LogP contribution in [0, 0.1) is 18.7 Å². The van der Waals surface area contributed by atoms with Crippen LogP contribution in [0.4, 0.5) is 4.39 Å². The summed E-state index contributed by atoms with van der Waals surface area (Å²) in [5, 5.41) is 0. The van der Waals surface area contributed by atoms with Gasteiger partial charge in [0.1, 0.15) is 5.82 Å². The van der Waals surface area contributed by atoms with Gasteiger partial charge in [-0.2, -0.15) is 0 Å². The van der Waals surface area contributed by atoms with Crippen molar-refractivity contribution in [1.82, 2.24) is 0 Å². The fourth-order valence-electron chi connectivity index (χ4n) is 2.70. The normalized spacial score (nSPS) is 17.1. The Morgan fingerprint density at radius 3 is 2.65 bits per heavy atom. The number of carbonyl (C=O) groups is 1. The van der Waals surface area contributed by atoms with E-state index in [9.17, 15) is 9.18 Å². The molecule has 1 fully saturated rings. The number of benzene rings is 1. The van der Waals surface area contributed by atoms with E-state index in [1.807, 2.05) is 0 Å². The smallest absolute Gasteiger partial charge is 0.163 e. The molecule has 1 aliphatic carbocycles. The van der Waals surface area contributed by atoms with E-state index in [4.69, 9.17) is 0 Å². The Labute approximate surface area is 102 Å². The molecule has 1 aliphatic rings. The SMILES string of the molecule is Cc1cc(F)ccc1C(=O)CC1CCCCC1. The average Bonchev–Trinajstić information content (AvgIpc) is 2.30. The molecule has 0 bridgehead atoms. The Morgan fingerprint density at radius 2 is 2.00 bits per heavy atom. The molecular formula is C15H19FO. The topological polar surface area (TPSA) is 17.1 Å². The molecule has 2 heteroatoms. The van der Waals surface area contributed by atoms with Crippen LogP contribution in [0.1, 0.15) is 54.4 Å². The number of hydrogen-bond acceptors (Lipinski definition) is 1. The molecule has 0 saturated heterocycles. The molecule has 1 nitrogen and oxygen atoms in total. The first-order valence-electron chi connectivity index (χ1n) is 6.46. The molecule has 0 spiro atoms. The number of halogens is 1. The summed E-state index contributed by atoms with van der Waals surface area (Å²) in [5.41, 5.74) is 1.45. The van der Waals surface area contributed by atoms with Gasteiger partial charge in [-0.25, -0.2) is 4.39 Å². The number of aryl methyl sites for hydroxylation is 1. The van der Waals surface area contributed by atoms with Crippen LogP contribution in [-0.2, 0) is 0 Å². The van der Waals surface area contributed by atoms with Crippen LogP contribution in [0.2, 0.25) is 0 Å². The van der Waals surface area contributed by atoms with Crippen LogP contribution in [0.5, 0.6) is 0 Å². The van der Waals surface area contributed by atoms with Crippen molar-refractivity contribution in [3.8, 4) is 0 Å². The summed E-state index contributed by atoms with van der Waals surface area (Å²) in [6.07, 6.45) is 6.78. The number of ketones is 1. The first kappa shape index (κ1) is 12.3. The zero-order valence-corrected chi connectivity index (χ0v) is 10.3. The maximum Gasteiger partial charge on any atom is 0.163 e. The highest BCUT2D eigenvalue weighted by molar-refractivity contribution is 5.97. The van der Waals surface area contributed by atoms with E-state index >= 15 is 0 Å². The molecule has 1 aromatic rings. The predicted octanol–water partition coefficient (Wildman–Crippen LogP) is 4.29. The molecule has 0 atom stereocenters. The Hall–Kier alpha value is -1.18. The van der Waals surface area contributed by atoms with Crippen molar-refractivity contribution < 1.29 is 9.18 Å². The second-order valence-corrected chi connectivity index (χ2v) is 5.09. The standard InChI is InChI=1S/C15H19FO/c1-11-9-13(16)7-8-14(11)15(17)10-12-5-3-2-4-6-12/h7-9,12H,2-6,10H2,1H3. The van der Waals surface area contributed by atoms with Crippen molar-refractivity contribution >= 4 is 5.78 Å². The van der Waals surface area contributed by atoms with Crippen LogP contribution in [-0.4, -0.2) is 5.78 Å². The Morgan fingerprint density at radius 1 is 1.29 bits per heavy atom. The van der Waals surface area contributed by atoms with Gasteiger partial charge in [0, 0.05) is 12.0 Å². The molecule has 0 radical (unpaired) electrons. The Bertz CT molecular complexity index is 405. The van der Waals surface area contributed by atoms with E-state index in [2.05, 4.69) is 0 Å². The zero-order chi connectivity index (χ0) is 12.3. The molecule has 0 aliphatic heterocycles. The number of rotatable bonds is 3. The largest absolute Gasteiger partial charge is 0.294 e. The minimum Gasteiger partial charge on any atom is -0.294 e. The second-order valence-electron chi connectivity index (χ2n) is 5.09. The van der Waals surface area contributed by atoms with Gasteiger partial charge in [0.05, 0.1) is 0 Å². The zero-order valence-electron chi connectivity index (χ0n) is 10.3. The molecule has 0 amide bonds. The highest BCUT2D eigenvalue weighted by Gasteiger charge is 2.19. The molecule has 0 aromatic heterocycles. The van der Waals surface area contributed by atoms with Gasteiger partial charge in [-0.05, 0) is 36.6 Å². The second kappa shape index (κ2) is 5.44. The fraction of sp³-hybridized carbons (Fsp3) is 0.533. The average molecular weight is 234 g/mol. The van der Waals surface area contributed by atoms with Crippen molar-refractivity contribution in [1.29, 1.82) is 0 Å². The summed E-state index contributed by atoms with van der Waals surface area (Å²) < 4.78 is 13.0. The summed E-state index contributed by atoms with van der Waals surface area (Å²) in [4.78, 5) is 12.1. The molecule has 1 aromatic carbocycles. The molecule has 2 rings (SSSR count). The first-order valence-corrected chi connectivity index (χ1v) is 6.46. The third-order valence-electron chi connectivity index (χ3n) is 3.69. The summed E-state index contributed by atoms with van der Waals surface area (Å²) in [6, 6.07) is 4.44. The quantitative estimate of drug-likeness (QED) is 0.713. The summed E-state index contributed by atoms with van der Waals surface area (Å²) in [7, 11) is 0. The number of carbonyl (C=O) groups excluding carboxylic acids is 1. The maximum atomic E-state index is 13.0. The van der Waals surface area contributed by atoms with Crippen molar-refractivity contribution in [3.63, 3.8) is 0 Å². The lowest BCUT2D eigenvalue weighted by molar-refractivity contribution is 0.0949. The van der Waals surface area contributed by atoms with E-state index in [1.165, 1.54) is 44.2 Å². The number of Topliss-reactive ketones (excluding diaryl/α,β-unsaturated/α-hetero) is 1. The third kappa shape index (κ3) is 3.15. The van der Waals surface area contributed by atoms with Crippen molar-refractivity contribution in [2.75, 3.05) is 0 Å². The summed E-state index contributed by atoms with van der Waals surface area (Å²) >= 11 is 0.